The summed E-state index contributed by atoms with van der Waals surface area (Å²) in [7, 11) is 0. The second-order valence-electron chi connectivity index (χ2n) is 5.56. The van der Waals surface area contributed by atoms with Crippen LogP contribution in [0.4, 0.5) is 0 Å². The molecule has 0 bridgehead atoms. The van der Waals surface area contributed by atoms with Crippen molar-refractivity contribution in [3.8, 4) is 0 Å². The highest BCUT2D eigenvalue weighted by molar-refractivity contribution is 7.80. The molecule has 1 aliphatic carbocycles. The van der Waals surface area contributed by atoms with Crippen LogP contribution in [-0.4, -0.2) is 41.5 Å². The molecule has 96 valence electrons. The molecule has 1 aliphatic heterocycles. The summed E-state index contributed by atoms with van der Waals surface area (Å²) in [4.78, 5) is 14.1. The molecule has 2 fully saturated rings. The van der Waals surface area contributed by atoms with Gasteiger partial charge in [-0.25, -0.2) is 0 Å². The van der Waals surface area contributed by atoms with Gasteiger partial charge in [-0.3, -0.25) is 4.79 Å². The van der Waals surface area contributed by atoms with Gasteiger partial charge in [-0.2, -0.15) is 0 Å². The van der Waals surface area contributed by atoms with Crippen LogP contribution in [0.25, 0.3) is 0 Å². The highest BCUT2D eigenvalue weighted by Crippen LogP contribution is 2.49. The molecule has 0 aromatic carbocycles. The first-order chi connectivity index (χ1) is 7.99. The van der Waals surface area contributed by atoms with Gasteiger partial charge >= 0.3 is 0 Å². The van der Waals surface area contributed by atoms with Crippen LogP contribution in [0.1, 0.15) is 32.6 Å². The molecule has 0 spiro atoms. The highest BCUT2D eigenvalue weighted by Gasteiger charge is 2.45. The van der Waals surface area contributed by atoms with Gasteiger partial charge in [-0.05, 0) is 24.7 Å². The first-order valence-corrected chi connectivity index (χ1v) is 6.68. The lowest BCUT2D eigenvalue weighted by atomic mass is 10.0. The summed E-state index contributed by atoms with van der Waals surface area (Å²) in [6, 6.07) is 0.327. The zero-order valence-corrected chi connectivity index (χ0v) is 11.2. The quantitative estimate of drug-likeness (QED) is 0.708. The van der Waals surface area contributed by atoms with Gasteiger partial charge in [0.15, 0.2) is 0 Å². The van der Waals surface area contributed by atoms with E-state index in [1.54, 1.807) is 6.92 Å². The van der Waals surface area contributed by atoms with E-state index >= 15 is 0 Å². The van der Waals surface area contributed by atoms with Crippen LogP contribution in [0.2, 0.25) is 0 Å². The normalized spacial score (nSPS) is 26.8. The summed E-state index contributed by atoms with van der Waals surface area (Å²) in [5, 5.41) is 2.99. The molecule has 5 heteroatoms. The van der Waals surface area contributed by atoms with E-state index < -0.39 is 0 Å². The number of carbonyl (C=O) groups excluding carboxylic acids is 1. The standard InChI is InChI=1S/C12H21N3OS/c1-9(16)14-10-2-5-15(7-10)8-12(3-4-12)6-11(13)17/h10H,2-8H2,1H3,(H2,13,17)(H,14,16). The number of nitrogens with two attached hydrogens (primary N) is 1. The lowest BCUT2D eigenvalue weighted by Gasteiger charge is -2.23. The second kappa shape index (κ2) is 4.90. The fourth-order valence-electron chi connectivity index (χ4n) is 2.79. The van der Waals surface area contributed by atoms with Gasteiger partial charge in [-0.1, -0.05) is 12.2 Å². The lowest BCUT2D eigenvalue weighted by Crippen LogP contribution is -2.37. The maximum atomic E-state index is 11.0. The van der Waals surface area contributed by atoms with Crippen molar-refractivity contribution in [1.82, 2.24) is 10.2 Å². The Kier molecular flexibility index (Phi) is 3.68. The summed E-state index contributed by atoms with van der Waals surface area (Å²) in [5.41, 5.74) is 6.00. The molecule has 1 unspecified atom stereocenters. The molecule has 0 aromatic rings. The lowest BCUT2D eigenvalue weighted by molar-refractivity contribution is -0.119. The number of nitrogens with one attached hydrogen (secondary N) is 1. The van der Waals surface area contributed by atoms with Crippen LogP contribution >= 0.6 is 12.2 Å². The molecular formula is C12H21N3OS. The summed E-state index contributed by atoms with van der Waals surface area (Å²) in [6.07, 6.45) is 4.42. The minimum Gasteiger partial charge on any atom is -0.393 e. The number of hydrogen-bond donors (Lipinski definition) is 2. The molecule has 1 saturated carbocycles. The Morgan fingerprint density at radius 2 is 2.29 bits per heavy atom. The SMILES string of the molecule is CC(=O)NC1CCN(CC2(CC(N)=S)CC2)C1. The van der Waals surface area contributed by atoms with E-state index in [1.165, 1.54) is 12.8 Å². The Morgan fingerprint density at radius 3 is 2.82 bits per heavy atom. The molecular weight excluding hydrogens is 234 g/mol. The average Bonchev–Trinajstić information content (AvgIpc) is 2.77. The Balaban J connectivity index is 1.78. The average molecular weight is 255 g/mol. The zero-order valence-electron chi connectivity index (χ0n) is 10.4. The summed E-state index contributed by atoms with van der Waals surface area (Å²) in [6.45, 7) is 4.71. The number of thiocarbonyl (C=S) groups is 1. The highest BCUT2D eigenvalue weighted by atomic mass is 32.1. The molecule has 1 atom stereocenters. The summed E-state index contributed by atoms with van der Waals surface area (Å²) >= 11 is 5.01. The Bertz CT molecular complexity index is 328. The fourth-order valence-corrected chi connectivity index (χ4v) is 3.10. The maximum Gasteiger partial charge on any atom is 0.217 e. The summed E-state index contributed by atoms with van der Waals surface area (Å²) < 4.78 is 0. The van der Waals surface area contributed by atoms with E-state index in [0.29, 0.717) is 16.4 Å². The van der Waals surface area contributed by atoms with Crippen LogP contribution in [0.15, 0.2) is 0 Å². The third kappa shape index (κ3) is 3.64. The van der Waals surface area contributed by atoms with Gasteiger partial charge in [-0.15, -0.1) is 0 Å². The Hall–Kier alpha value is -0.680. The van der Waals surface area contributed by atoms with Gasteiger partial charge in [0.25, 0.3) is 0 Å². The number of nitrogens with zero attached hydrogens (tertiary/aromatic N) is 1. The summed E-state index contributed by atoms with van der Waals surface area (Å²) in [5.74, 6) is 0.0705. The Labute approximate surface area is 108 Å². The van der Waals surface area contributed by atoms with Gasteiger partial charge < -0.3 is 16.0 Å². The van der Waals surface area contributed by atoms with Crippen molar-refractivity contribution < 1.29 is 4.79 Å². The van der Waals surface area contributed by atoms with Crippen LogP contribution in [-0.2, 0) is 4.79 Å². The van der Waals surface area contributed by atoms with Gasteiger partial charge in [0.1, 0.15) is 0 Å². The third-order valence-corrected chi connectivity index (χ3v) is 3.89. The third-order valence-electron chi connectivity index (χ3n) is 3.75. The van der Waals surface area contributed by atoms with Gasteiger partial charge in [0.05, 0.1) is 4.99 Å². The predicted octanol–water partition coefficient (Wildman–Crippen LogP) is 0.653. The topological polar surface area (TPSA) is 58.4 Å². The molecule has 1 saturated heterocycles. The zero-order chi connectivity index (χ0) is 12.5. The van der Waals surface area contributed by atoms with Gasteiger partial charge in [0, 0.05) is 39.0 Å². The second-order valence-corrected chi connectivity index (χ2v) is 6.09. The van der Waals surface area contributed by atoms with Gasteiger partial charge in [0.2, 0.25) is 5.91 Å². The minimum atomic E-state index is 0.0705. The van der Waals surface area contributed by atoms with Crippen molar-refractivity contribution in [1.29, 1.82) is 0 Å². The maximum absolute atomic E-state index is 11.0. The largest absolute Gasteiger partial charge is 0.393 e. The van der Waals surface area contributed by atoms with E-state index in [-0.39, 0.29) is 5.91 Å². The van der Waals surface area contributed by atoms with Crippen LogP contribution in [0.5, 0.6) is 0 Å². The van der Waals surface area contributed by atoms with Crippen LogP contribution in [0, 0.1) is 5.41 Å². The van der Waals surface area contributed by atoms with Crippen LogP contribution in [0.3, 0.4) is 0 Å². The predicted molar refractivity (Wildman–Crippen MR) is 71.7 cm³/mol. The number of rotatable bonds is 5. The fraction of sp³-hybridized carbons (Fsp3) is 0.833. The molecule has 2 aliphatic rings. The van der Waals surface area contributed by atoms with E-state index in [9.17, 15) is 4.79 Å². The number of carbonyl (C=O) groups is 1. The molecule has 2 rings (SSSR count). The number of likely N-dealkylation sites (tertiary alicyclic amines) is 1. The van der Waals surface area contributed by atoms with E-state index in [2.05, 4.69) is 10.2 Å². The molecule has 0 aromatic heterocycles. The number of amides is 1. The first-order valence-electron chi connectivity index (χ1n) is 6.27. The van der Waals surface area contributed by atoms with E-state index in [4.69, 9.17) is 18.0 Å². The van der Waals surface area contributed by atoms with Crippen molar-refractivity contribution >= 4 is 23.1 Å². The molecule has 1 heterocycles. The van der Waals surface area contributed by atoms with E-state index in [0.717, 1.165) is 32.5 Å². The molecule has 4 nitrogen and oxygen atoms in total. The van der Waals surface area contributed by atoms with Crippen molar-refractivity contribution in [2.45, 2.75) is 38.6 Å². The van der Waals surface area contributed by atoms with Crippen molar-refractivity contribution in [2.24, 2.45) is 11.1 Å². The van der Waals surface area contributed by atoms with E-state index in [1.807, 2.05) is 0 Å². The molecule has 17 heavy (non-hydrogen) atoms. The number of hydrogen-bond acceptors (Lipinski definition) is 3. The van der Waals surface area contributed by atoms with Crippen molar-refractivity contribution in [3.63, 3.8) is 0 Å². The molecule has 3 N–H and O–H groups in total. The minimum absolute atomic E-state index is 0.0705. The monoisotopic (exact) mass is 255 g/mol. The Morgan fingerprint density at radius 1 is 1.59 bits per heavy atom. The molecule has 1 amide bonds. The smallest absolute Gasteiger partial charge is 0.217 e. The van der Waals surface area contributed by atoms with Crippen LogP contribution < -0.4 is 11.1 Å². The van der Waals surface area contributed by atoms with Crippen molar-refractivity contribution in [2.75, 3.05) is 19.6 Å². The van der Waals surface area contributed by atoms with Crippen molar-refractivity contribution in [3.05, 3.63) is 0 Å². The molecule has 0 radical (unpaired) electrons. The first kappa shape index (κ1) is 12.8.